The Morgan fingerprint density at radius 1 is 1.38 bits per heavy atom. The Kier molecular flexibility index (Phi) is 5.86. The van der Waals surface area contributed by atoms with Crippen LogP contribution in [0.15, 0.2) is 6.20 Å². The van der Waals surface area contributed by atoms with Crippen molar-refractivity contribution < 1.29 is 13.6 Å². The largest absolute Gasteiger partial charge is 0.338 e. The summed E-state index contributed by atoms with van der Waals surface area (Å²) in [6.07, 6.45) is 0.593. The van der Waals surface area contributed by atoms with Crippen LogP contribution in [0, 0.1) is 17.8 Å². The number of amides is 1. The average molecular weight is 363 g/mol. The van der Waals surface area contributed by atoms with Crippen LogP contribution in [0.2, 0.25) is 0 Å². The number of fused-ring (bicyclic) bond motifs is 1. The summed E-state index contributed by atoms with van der Waals surface area (Å²) >= 11 is 0. The van der Waals surface area contributed by atoms with Crippen LogP contribution < -0.4 is 5.73 Å². The number of nitrogens with two attached hydrogens (primary N) is 1. The third-order valence-electron chi connectivity index (χ3n) is 5.05. The molecule has 1 aromatic heterocycles. The fraction of sp³-hybridized carbons (Fsp3) is 0.750. The second kappa shape index (κ2) is 7.35. The average Bonchev–Trinajstić information content (AvgIpc) is 3.13. The van der Waals surface area contributed by atoms with E-state index in [4.69, 9.17) is 5.73 Å². The van der Waals surface area contributed by atoms with Gasteiger partial charge in [0.1, 0.15) is 5.69 Å². The van der Waals surface area contributed by atoms with E-state index >= 15 is 0 Å². The molecule has 0 bridgehead atoms. The van der Waals surface area contributed by atoms with Gasteiger partial charge in [0.2, 0.25) is 0 Å². The number of aromatic nitrogens is 2. The minimum absolute atomic E-state index is 0. The highest BCUT2D eigenvalue weighted by molar-refractivity contribution is 5.95. The van der Waals surface area contributed by atoms with Crippen LogP contribution in [0.25, 0.3) is 0 Å². The zero-order chi connectivity index (χ0) is 16.7. The van der Waals surface area contributed by atoms with E-state index in [0.717, 1.165) is 12.8 Å². The number of alkyl halides is 2. The minimum Gasteiger partial charge on any atom is -0.338 e. The summed E-state index contributed by atoms with van der Waals surface area (Å²) in [6.45, 7) is 5.43. The maximum Gasteiger partial charge on any atom is 0.280 e. The first-order chi connectivity index (χ1) is 10.9. The molecule has 1 aliphatic heterocycles. The van der Waals surface area contributed by atoms with Crippen molar-refractivity contribution in [3.8, 4) is 0 Å². The predicted octanol–water partition coefficient (Wildman–Crippen LogP) is 2.71. The number of hydrogen-bond donors (Lipinski definition) is 1. The molecule has 0 radical (unpaired) electrons. The molecule has 0 aromatic carbocycles. The van der Waals surface area contributed by atoms with Crippen molar-refractivity contribution in [3.63, 3.8) is 0 Å². The van der Waals surface area contributed by atoms with Gasteiger partial charge in [-0.1, -0.05) is 13.8 Å². The van der Waals surface area contributed by atoms with Crippen LogP contribution in [0.4, 0.5) is 8.78 Å². The van der Waals surface area contributed by atoms with Crippen LogP contribution in [0.5, 0.6) is 0 Å². The molecule has 3 rings (SSSR count). The molecule has 8 heteroatoms. The van der Waals surface area contributed by atoms with Gasteiger partial charge >= 0.3 is 0 Å². The number of likely N-dealkylation sites (tertiary alicyclic amines) is 1. The van der Waals surface area contributed by atoms with E-state index in [0.29, 0.717) is 31.5 Å². The molecule has 2 heterocycles. The van der Waals surface area contributed by atoms with E-state index in [1.165, 1.54) is 10.9 Å². The lowest BCUT2D eigenvalue weighted by molar-refractivity contribution is 0.0764. The van der Waals surface area contributed by atoms with E-state index in [1.807, 2.05) is 13.8 Å². The summed E-state index contributed by atoms with van der Waals surface area (Å²) in [5, 5.41) is 4.02. The number of halogens is 3. The molecule has 3 unspecified atom stereocenters. The summed E-state index contributed by atoms with van der Waals surface area (Å²) in [5.41, 5.74) is 5.86. The van der Waals surface area contributed by atoms with Gasteiger partial charge in [0.15, 0.2) is 0 Å². The number of carbonyl (C=O) groups excluding carboxylic acids is 1. The Labute approximate surface area is 147 Å². The van der Waals surface area contributed by atoms with E-state index < -0.39 is 6.43 Å². The highest BCUT2D eigenvalue weighted by atomic mass is 35.5. The Morgan fingerprint density at radius 2 is 2.08 bits per heavy atom. The summed E-state index contributed by atoms with van der Waals surface area (Å²) in [7, 11) is 0. The lowest BCUT2D eigenvalue weighted by atomic mass is 9.98. The summed E-state index contributed by atoms with van der Waals surface area (Å²) in [5.74, 6) is 0.561. The van der Waals surface area contributed by atoms with E-state index in [9.17, 15) is 13.6 Å². The van der Waals surface area contributed by atoms with Gasteiger partial charge in [-0.05, 0) is 30.6 Å². The number of carbonyl (C=O) groups is 1. The van der Waals surface area contributed by atoms with E-state index in [1.54, 1.807) is 4.90 Å². The van der Waals surface area contributed by atoms with Crippen LogP contribution in [0.3, 0.4) is 0 Å². The van der Waals surface area contributed by atoms with Crippen LogP contribution in [-0.4, -0.2) is 39.7 Å². The first-order valence-corrected chi connectivity index (χ1v) is 8.27. The third kappa shape index (κ3) is 3.42. The molecule has 2 N–H and O–H groups in total. The standard InChI is InChI=1S/C16H24F2N4O.ClH/c1-9(2)6-22-14(15(17)18)11(5-20-22)16(23)21-7-10-3-4-13(19)12(10)8-21;/h5,9-10,12-13,15H,3-4,6-8,19H2,1-2H3;1H. The zero-order valence-corrected chi connectivity index (χ0v) is 14.8. The quantitative estimate of drug-likeness (QED) is 0.895. The minimum atomic E-state index is -2.71. The Balaban J connectivity index is 0.00000208. The fourth-order valence-electron chi connectivity index (χ4n) is 3.92. The van der Waals surface area contributed by atoms with Crippen LogP contribution in [0.1, 0.15) is 49.2 Å². The van der Waals surface area contributed by atoms with Crippen molar-refractivity contribution in [2.45, 2.75) is 45.7 Å². The predicted molar refractivity (Wildman–Crippen MR) is 89.4 cm³/mol. The summed E-state index contributed by atoms with van der Waals surface area (Å²) < 4.78 is 28.2. The molecule has 2 fully saturated rings. The first kappa shape index (κ1) is 19.1. The second-order valence-corrected chi connectivity index (χ2v) is 7.20. The van der Waals surface area contributed by atoms with E-state index in [-0.39, 0.29) is 41.5 Å². The number of hydrogen-bond acceptors (Lipinski definition) is 3. The molecule has 2 aliphatic rings. The molecule has 0 spiro atoms. The van der Waals surface area contributed by atoms with Crippen molar-refractivity contribution in [2.24, 2.45) is 23.5 Å². The SMILES string of the molecule is CC(C)Cn1ncc(C(=O)N2CC3CCC(N)C3C2)c1C(F)F.Cl. The summed E-state index contributed by atoms with van der Waals surface area (Å²) in [4.78, 5) is 14.4. The smallest absolute Gasteiger partial charge is 0.280 e. The van der Waals surface area contributed by atoms with E-state index in [2.05, 4.69) is 5.10 Å². The Bertz CT molecular complexity index is 593. The molecular formula is C16H25ClF2N4O. The lowest BCUT2D eigenvalue weighted by Crippen LogP contribution is -2.33. The Hall–Kier alpha value is -1.21. The molecule has 136 valence electrons. The number of nitrogens with zero attached hydrogens (tertiary/aromatic N) is 3. The molecule has 24 heavy (non-hydrogen) atoms. The Morgan fingerprint density at radius 3 is 2.67 bits per heavy atom. The highest BCUT2D eigenvalue weighted by Crippen LogP contribution is 2.38. The molecule has 5 nitrogen and oxygen atoms in total. The van der Waals surface area contributed by atoms with Gasteiger partial charge in [0.25, 0.3) is 12.3 Å². The summed E-state index contributed by atoms with van der Waals surface area (Å²) in [6, 6.07) is 0.121. The van der Waals surface area contributed by atoms with Crippen molar-refractivity contribution in [1.82, 2.24) is 14.7 Å². The van der Waals surface area contributed by atoms with Gasteiger partial charge < -0.3 is 10.6 Å². The van der Waals surface area contributed by atoms with Gasteiger partial charge in [-0.3, -0.25) is 9.48 Å². The van der Waals surface area contributed by atoms with Crippen LogP contribution in [-0.2, 0) is 6.54 Å². The van der Waals surface area contributed by atoms with Crippen molar-refractivity contribution in [2.75, 3.05) is 13.1 Å². The van der Waals surface area contributed by atoms with Gasteiger partial charge in [-0.2, -0.15) is 5.10 Å². The first-order valence-electron chi connectivity index (χ1n) is 8.27. The van der Waals surface area contributed by atoms with Crippen molar-refractivity contribution in [3.05, 3.63) is 17.5 Å². The maximum absolute atomic E-state index is 13.5. The zero-order valence-electron chi connectivity index (χ0n) is 14.0. The molecule has 1 saturated heterocycles. The topological polar surface area (TPSA) is 64.2 Å². The third-order valence-corrected chi connectivity index (χ3v) is 5.05. The van der Waals surface area contributed by atoms with Gasteiger partial charge in [0.05, 0.1) is 11.8 Å². The molecule has 1 amide bonds. The van der Waals surface area contributed by atoms with Gasteiger partial charge in [0, 0.05) is 25.7 Å². The van der Waals surface area contributed by atoms with Gasteiger partial charge in [-0.25, -0.2) is 8.78 Å². The van der Waals surface area contributed by atoms with Crippen molar-refractivity contribution >= 4 is 18.3 Å². The molecule has 1 aliphatic carbocycles. The molecular weight excluding hydrogens is 338 g/mol. The number of rotatable bonds is 4. The second-order valence-electron chi connectivity index (χ2n) is 7.20. The van der Waals surface area contributed by atoms with Crippen LogP contribution >= 0.6 is 12.4 Å². The molecule has 1 aromatic rings. The highest BCUT2D eigenvalue weighted by Gasteiger charge is 2.43. The monoisotopic (exact) mass is 362 g/mol. The lowest BCUT2D eigenvalue weighted by Gasteiger charge is -2.19. The van der Waals surface area contributed by atoms with Crippen molar-refractivity contribution in [1.29, 1.82) is 0 Å². The van der Waals surface area contributed by atoms with Gasteiger partial charge in [-0.15, -0.1) is 12.4 Å². The maximum atomic E-state index is 13.5. The molecule has 1 saturated carbocycles. The normalized spacial score (nSPS) is 26.1. The molecule has 3 atom stereocenters. The fourth-order valence-corrected chi connectivity index (χ4v) is 3.92.